The lowest BCUT2D eigenvalue weighted by molar-refractivity contribution is -0.137. The Morgan fingerprint density at radius 2 is 2.16 bits per heavy atom. The number of nitrogens with zero attached hydrogens (tertiary/aromatic N) is 1. The van der Waals surface area contributed by atoms with Gasteiger partial charge in [0.25, 0.3) is 5.91 Å². The highest BCUT2D eigenvalue weighted by Gasteiger charge is 2.21. The van der Waals surface area contributed by atoms with Gasteiger partial charge in [-0.1, -0.05) is 24.6 Å². The van der Waals surface area contributed by atoms with Gasteiger partial charge in [0.15, 0.2) is 6.10 Å². The molecule has 3 nitrogen and oxygen atoms in total. The van der Waals surface area contributed by atoms with Crippen molar-refractivity contribution >= 4 is 29.1 Å². The fraction of sp³-hybridized carbons (Fsp3) is 0.500. The Bertz CT molecular complexity index is 406. The highest BCUT2D eigenvalue weighted by Crippen LogP contribution is 2.18. The topological polar surface area (TPSA) is 29.5 Å². The van der Waals surface area contributed by atoms with Crippen LogP contribution in [-0.2, 0) is 4.79 Å². The number of amides is 1. The average Bonchev–Trinajstić information content (AvgIpc) is 2.37. The lowest BCUT2D eigenvalue weighted by atomic mass is 10.3. The third kappa shape index (κ3) is 5.29. The molecule has 1 aromatic carbocycles. The first-order valence-corrected chi connectivity index (χ1v) is 7.26. The maximum Gasteiger partial charge on any atom is 0.263 e. The van der Waals surface area contributed by atoms with Crippen molar-refractivity contribution in [2.24, 2.45) is 0 Å². The number of alkyl halides is 1. The quantitative estimate of drug-likeness (QED) is 0.721. The average molecular weight is 304 g/mol. The summed E-state index contributed by atoms with van der Waals surface area (Å²) in [6, 6.07) is 7.02. The van der Waals surface area contributed by atoms with E-state index in [-0.39, 0.29) is 5.91 Å². The molecule has 0 bridgehead atoms. The molecule has 0 aliphatic carbocycles. The summed E-state index contributed by atoms with van der Waals surface area (Å²) in [4.78, 5) is 13.9. The molecule has 1 unspecified atom stereocenters. The van der Waals surface area contributed by atoms with Gasteiger partial charge in [0.05, 0.1) is 0 Å². The zero-order valence-electron chi connectivity index (χ0n) is 11.2. The fourth-order valence-electron chi connectivity index (χ4n) is 1.76. The largest absolute Gasteiger partial charge is 0.481 e. The predicted molar refractivity (Wildman–Crippen MR) is 79.1 cm³/mol. The van der Waals surface area contributed by atoms with Crippen molar-refractivity contribution in [3.05, 3.63) is 29.3 Å². The van der Waals surface area contributed by atoms with Gasteiger partial charge in [-0.25, -0.2) is 0 Å². The summed E-state index contributed by atoms with van der Waals surface area (Å²) >= 11 is 11.6. The minimum absolute atomic E-state index is 0.0533. The Morgan fingerprint density at radius 3 is 2.74 bits per heavy atom. The van der Waals surface area contributed by atoms with E-state index in [1.165, 1.54) is 0 Å². The monoisotopic (exact) mass is 303 g/mol. The van der Waals surface area contributed by atoms with Crippen LogP contribution in [0.3, 0.4) is 0 Å². The first kappa shape index (κ1) is 16.1. The molecule has 0 saturated heterocycles. The summed E-state index contributed by atoms with van der Waals surface area (Å²) < 4.78 is 5.61. The molecule has 1 atom stereocenters. The number of carbonyl (C=O) groups is 1. The smallest absolute Gasteiger partial charge is 0.263 e. The molecule has 5 heteroatoms. The third-order valence-corrected chi connectivity index (χ3v) is 3.02. The van der Waals surface area contributed by atoms with E-state index in [4.69, 9.17) is 27.9 Å². The standard InChI is InChI=1S/C14H19Cl2NO2/c1-3-8-17(9-7-15)14(18)11(2)19-13-6-4-5-12(16)10-13/h4-6,10-11H,3,7-9H2,1-2H3. The molecular formula is C14H19Cl2NO2. The summed E-state index contributed by atoms with van der Waals surface area (Å²) in [5.41, 5.74) is 0. The van der Waals surface area contributed by atoms with Crippen LogP contribution in [0, 0.1) is 0 Å². The first-order chi connectivity index (χ1) is 9.08. The second-order valence-corrected chi connectivity index (χ2v) is 5.05. The van der Waals surface area contributed by atoms with Gasteiger partial charge in [0.2, 0.25) is 0 Å². The van der Waals surface area contributed by atoms with Gasteiger partial charge in [-0.05, 0) is 31.5 Å². The zero-order valence-corrected chi connectivity index (χ0v) is 12.7. The Balaban J connectivity index is 2.65. The highest BCUT2D eigenvalue weighted by molar-refractivity contribution is 6.30. The number of hydrogen-bond donors (Lipinski definition) is 0. The fourth-order valence-corrected chi connectivity index (χ4v) is 2.14. The SMILES string of the molecule is CCCN(CCCl)C(=O)C(C)Oc1cccc(Cl)c1. The van der Waals surface area contributed by atoms with Crippen LogP contribution in [0.25, 0.3) is 0 Å². The Labute approximate surface area is 124 Å². The van der Waals surface area contributed by atoms with Crippen molar-refractivity contribution in [2.45, 2.75) is 26.4 Å². The number of rotatable bonds is 7. The minimum Gasteiger partial charge on any atom is -0.481 e. The molecule has 0 radical (unpaired) electrons. The molecule has 0 N–H and O–H groups in total. The maximum absolute atomic E-state index is 12.2. The zero-order chi connectivity index (χ0) is 14.3. The molecular weight excluding hydrogens is 285 g/mol. The van der Waals surface area contributed by atoms with E-state index in [0.29, 0.717) is 29.7 Å². The van der Waals surface area contributed by atoms with E-state index in [1.807, 2.05) is 6.92 Å². The van der Waals surface area contributed by atoms with Crippen molar-refractivity contribution in [2.75, 3.05) is 19.0 Å². The normalized spacial score (nSPS) is 12.0. The molecule has 106 valence electrons. The van der Waals surface area contributed by atoms with Gasteiger partial charge in [-0.15, -0.1) is 11.6 Å². The molecule has 0 aromatic heterocycles. The van der Waals surface area contributed by atoms with Gasteiger partial charge < -0.3 is 9.64 Å². The highest BCUT2D eigenvalue weighted by atomic mass is 35.5. The number of ether oxygens (including phenoxy) is 1. The van der Waals surface area contributed by atoms with Crippen LogP contribution in [-0.4, -0.2) is 35.9 Å². The third-order valence-electron chi connectivity index (χ3n) is 2.62. The Morgan fingerprint density at radius 1 is 1.42 bits per heavy atom. The van der Waals surface area contributed by atoms with Crippen molar-refractivity contribution in [1.29, 1.82) is 0 Å². The van der Waals surface area contributed by atoms with Crippen LogP contribution in [0.15, 0.2) is 24.3 Å². The van der Waals surface area contributed by atoms with E-state index in [0.717, 1.165) is 6.42 Å². The van der Waals surface area contributed by atoms with Gasteiger partial charge in [0, 0.05) is 24.0 Å². The molecule has 0 spiro atoms. The summed E-state index contributed by atoms with van der Waals surface area (Å²) in [7, 11) is 0. The van der Waals surface area contributed by atoms with Gasteiger partial charge in [-0.3, -0.25) is 4.79 Å². The van der Waals surface area contributed by atoms with Crippen molar-refractivity contribution in [1.82, 2.24) is 4.90 Å². The first-order valence-electron chi connectivity index (χ1n) is 6.35. The predicted octanol–water partition coefficient (Wildman–Crippen LogP) is 3.58. The number of halogens is 2. The summed E-state index contributed by atoms with van der Waals surface area (Å²) in [5.74, 6) is 0.966. The number of benzene rings is 1. The number of carbonyl (C=O) groups excluding carboxylic acids is 1. The van der Waals surface area contributed by atoms with Crippen LogP contribution >= 0.6 is 23.2 Å². The summed E-state index contributed by atoms with van der Waals surface area (Å²) in [6.45, 7) is 4.99. The lowest BCUT2D eigenvalue weighted by Gasteiger charge is -2.25. The van der Waals surface area contributed by atoms with Crippen molar-refractivity contribution in [3.8, 4) is 5.75 Å². The molecule has 1 amide bonds. The van der Waals surface area contributed by atoms with E-state index in [2.05, 4.69) is 0 Å². The molecule has 0 saturated carbocycles. The second kappa shape index (κ2) is 8.28. The maximum atomic E-state index is 12.2. The summed E-state index contributed by atoms with van der Waals surface area (Å²) in [5, 5.41) is 0.586. The molecule has 0 heterocycles. The molecule has 1 rings (SSSR count). The van der Waals surface area contributed by atoms with Gasteiger partial charge >= 0.3 is 0 Å². The van der Waals surface area contributed by atoms with Crippen molar-refractivity contribution < 1.29 is 9.53 Å². The summed E-state index contributed by atoms with van der Waals surface area (Å²) in [6.07, 6.45) is 0.347. The van der Waals surface area contributed by atoms with E-state index < -0.39 is 6.10 Å². The molecule has 0 aliphatic rings. The van der Waals surface area contributed by atoms with Gasteiger partial charge in [-0.2, -0.15) is 0 Å². The molecule has 0 aliphatic heterocycles. The minimum atomic E-state index is -0.548. The van der Waals surface area contributed by atoms with Crippen LogP contribution in [0.4, 0.5) is 0 Å². The molecule has 19 heavy (non-hydrogen) atoms. The molecule has 1 aromatic rings. The van der Waals surface area contributed by atoms with Crippen LogP contribution in [0.5, 0.6) is 5.75 Å². The number of hydrogen-bond acceptors (Lipinski definition) is 2. The lowest BCUT2D eigenvalue weighted by Crippen LogP contribution is -2.41. The Hall–Kier alpha value is -0.930. The van der Waals surface area contributed by atoms with Crippen molar-refractivity contribution in [3.63, 3.8) is 0 Å². The van der Waals surface area contributed by atoms with Gasteiger partial charge in [0.1, 0.15) is 5.75 Å². The van der Waals surface area contributed by atoms with E-state index >= 15 is 0 Å². The second-order valence-electron chi connectivity index (χ2n) is 4.23. The van der Waals surface area contributed by atoms with Crippen LogP contribution < -0.4 is 4.74 Å². The van der Waals surface area contributed by atoms with E-state index in [9.17, 15) is 4.79 Å². The van der Waals surface area contributed by atoms with Crippen LogP contribution in [0.2, 0.25) is 5.02 Å². The van der Waals surface area contributed by atoms with Crippen LogP contribution in [0.1, 0.15) is 20.3 Å². The Kier molecular flexibility index (Phi) is 7.03. The van der Waals surface area contributed by atoms with E-state index in [1.54, 1.807) is 36.1 Å². The molecule has 0 fully saturated rings.